The Labute approximate surface area is 106 Å². The van der Waals surface area contributed by atoms with Crippen LogP contribution in [0.25, 0.3) is 0 Å². The van der Waals surface area contributed by atoms with Gasteiger partial charge >= 0.3 is 0 Å². The minimum absolute atomic E-state index is 0.219. The molecule has 3 rings (SSSR count). The largest absolute Gasteiger partial charge is 0.333 e. The van der Waals surface area contributed by atoms with E-state index in [0.29, 0.717) is 13.1 Å². The SMILES string of the molecule is NCC1(C(=O)N2CCn3cnnc3C2)CCCC1. The van der Waals surface area contributed by atoms with E-state index in [-0.39, 0.29) is 11.3 Å². The first-order valence-electron chi connectivity index (χ1n) is 6.61. The van der Waals surface area contributed by atoms with Crippen LogP contribution in [0.1, 0.15) is 31.5 Å². The van der Waals surface area contributed by atoms with E-state index >= 15 is 0 Å². The number of aromatic nitrogens is 3. The van der Waals surface area contributed by atoms with Gasteiger partial charge < -0.3 is 15.2 Å². The third-order valence-corrected chi connectivity index (χ3v) is 4.33. The van der Waals surface area contributed by atoms with E-state index in [4.69, 9.17) is 5.73 Å². The van der Waals surface area contributed by atoms with E-state index in [9.17, 15) is 4.79 Å². The summed E-state index contributed by atoms with van der Waals surface area (Å²) in [6.45, 7) is 2.57. The molecule has 1 amide bonds. The highest BCUT2D eigenvalue weighted by atomic mass is 16.2. The predicted octanol–water partition coefficient (Wildman–Crippen LogP) is 0.139. The van der Waals surface area contributed by atoms with Crippen molar-refractivity contribution in [3.63, 3.8) is 0 Å². The van der Waals surface area contributed by atoms with Crippen LogP contribution in [0.3, 0.4) is 0 Å². The van der Waals surface area contributed by atoms with Gasteiger partial charge in [-0.2, -0.15) is 0 Å². The molecule has 0 spiro atoms. The Kier molecular flexibility index (Phi) is 2.81. The number of rotatable bonds is 2. The van der Waals surface area contributed by atoms with Crippen molar-refractivity contribution in [2.45, 2.75) is 38.8 Å². The fraction of sp³-hybridized carbons (Fsp3) is 0.750. The molecule has 2 heterocycles. The molecule has 0 unspecified atom stereocenters. The molecular formula is C12H19N5O. The first-order valence-corrected chi connectivity index (χ1v) is 6.61. The summed E-state index contributed by atoms with van der Waals surface area (Å²) in [5.74, 6) is 1.09. The van der Waals surface area contributed by atoms with Crippen LogP contribution in [0.5, 0.6) is 0 Å². The van der Waals surface area contributed by atoms with Crippen molar-refractivity contribution < 1.29 is 4.79 Å². The van der Waals surface area contributed by atoms with Gasteiger partial charge in [0.05, 0.1) is 12.0 Å². The summed E-state index contributed by atoms with van der Waals surface area (Å²) in [7, 11) is 0. The Balaban J connectivity index is 1.78. The molecule has 1 aliphatic heterocycles. The summed E-state index contributed by atoms with van der Waals surface area (Å²) < 4.78 is 2.01. The molecule has 0 bridgehead atoms. The van der Waals surface area contributed by atoms with Crippen molar-refractivity contribution in [3.8, 4) is 0 Å². The summed E-state index contributed by atoms with van der Waals surface area (Å²) in [6.07, 6.45) is 5.84. The number of carbonyl (C=O) groups excluding carboxylic acids is 1. The molecule has 6 nitrogen and oxygen atoms in total. The average Bonchev–Trinajstić information content (AvgIpc) is 3.06. The van der Waals surface area contributed by atoms with E-state index in [2.05, 4.69) is 10.2 Å². The smallest absolute Gasteiger partial charge is 0.230 e. The molecule has 0 radical (unpaired) electrons. The number of carbonyl (C=O) groups is 1. The minimum atomic E-state index is -0.303. The molecule has 1 aromatic heterocycles. The van der Waals surface area contributed by atoms with Crippen LogP contribution in [0.4, 0.5) is 0 Å². The molecule has 1 saturated carbocycles. The number of amides is 1. The molecule has 1 aromatic rings. The van der Waals surface area contributed by atoms with Crippen LogP contribution in [0.2, 0.25) is 0 Å². The first kappa shape index (κ1) is 11.6. The second kappa shape index (κ2) is 4.35. The molecule has 1 fully saturated rings. The third-order valence-electron chi connectivity index (χ3n) is 4.33. The summed E-state index contributed by atoms with van der Waals surface area (Å²) in [4.78, 5) is 14.6. The topological polar surface area (TPSA) is 77.0 Å². The van der Waals surface area contributed by atoms with Crippen LogP contribution in [0, 0.1) is 5.41 Å². The van der Waals surface area contributed by atoms with Crippen molar-refractivity contribution in [3.05, 3.63) is 12.2 Å². The fourth-order valence-corrected chi connectivity index (χ4v) is 3.13. The van der Waals surface area contributed by atoms with E-state index in [1.165, 1.54) is 0 Å². The summed E-state index contributed by atoms with van der Waals surface area (Å²) in [5.41, 5.74) is 5.57. The van der Waals surface area contributed by atoms with E-state index in [0.717, 1.165) is 44.6 Å². The molecule has 0 aromatic carbocycles. The van der Waals surface area contributed by atoms with Crippen molar-refractivity contribution in [2.24, 2.45) is 11.1 Å². The monoisotopic (exact) mass is 249 g/mol. The maximum Gasteiger partial charge on any atom is 0.230 e. The van der Waals surface area contributed by atoms with Crippen molar-refractivity contribution in [1.29, 1.82) is 0 Å². The second-order valence-corrected chi connectivity index (χ2v) is 5.36. The molecule has 0 saturated heterocycles. The van der Waals surface area contributed by atoms with Gasteiger partial charge in [-0.3, -0.25) is 4.79 Å². The quantitative estimate of drug-likeness (QED) is 0.808. The highest BCUT2D eigenvalue weighted by Gasteiger charge is 2.43. The standard InChI is InChI=1S/C12H19N5O/c13-8-12(3-1-2-4-12)11(18)16-5-6-17-9-14-15-10(17)7-16/h9H,1-8,13H2. The highest BCUT2D eigenvalue weighted by Crippen LogP contribution is 2.39. The maximum absolute atomic E-state index is 12.7. The third kappa shape index (κ3) is 1.71. The van der Waals surface area contributed by atoms with E-state index < -0.39 is 0 Å². The Morgan fingerprint density at radius 2 is 2.17 bits per heavy atom. The van der Waals surface area contributed by atoms with E-state index in [1.54, 1.807) is 6.33 Å². The number of hydrogen-bond acceptors (Lipinski definition) is 4. The number of nitrogens with two attached hydrogens (primary N) is 1. The summed E-state index contributed by atoms with van der Waals surface area (Å²) in [6, 6.07) is 0. The fourth-order valence-electron chi connectivity index (χ4n) is 3.13. The molecule has 18 heavy (non-hydrogen) atoms. The molecule has 1 aliphatic carbocycles. The average molecular weight is 249 g/mol. The van der Waals surface area contributed by atoms with Crippen molar-refractivity contribution in [2.75, 3.05) is 13.1 Å². The zero-order valence-corrected chi connectivity index (χ0v) is 10.5. The van der Waals surface area contributed by atoms with Crippen molar-refractivity contribution in [1.82, 2.24) is 19.7 Å². The van der Waals surface area contributed by atoms with Gasteiger partial charge in [0, 0.05) is 19.6 Å². The predicted molar refractivity (Wildman–Crippen MR) is 65.4 cm³/mol. The second-order valence-electron chi connectivity index (χ2n) is 5.36. The van der Waals surface area contributed by atoms with Gasteiger partial charge in [0.1, 0.15) is 6.33 Å². The normalized spacial score (nSPS) is 21.9. The van der Waals surface area contributed by atoms with Gasteiger partial charge in [-0.15, -0.1) is 10.2 Å². The zero-order chi connectivity index (χ0) is 12.6. The Bertz CT molecular complexity index is 449. The zero-order valence-electron chi connectivity index (χ0n) is 10.5. The minimum Gasteiger partial charge on any atom is -0.333 e. The lowest BCUT2D eigenvalue weighted by atomic mass is 9.84. The maximum atomic E-state index is 12.7. The van der Waals surface area contributed by atoms with Gasteiger partial charge in [0.2, 0.25) is 5.91 Å². The van der Waals surface area contributed by atoms with Gasteiger partial charge in [-0.25, -0.2) is 0 Å². The lowest BCUT2D eigenvalue weighted by molar-refractivity contribution is -0.143. The Hall–Kier alpha value is -1.43. The first-order chi connectivity index (χ1) is 8.75. The van der Waals surface area contributed by atoms with Gasteiger partial charge in [-0.05, 0) is 12.8 Å². The number of fused-ring (bicyclic) bond motifs is 1. The molecule has 2 N–H and O–H groups in total. The van der Waals surface area contributed by atoms with Crippen molar-refractivity contribution >= 4 is 5.91 Å². The number of nitrogens with zero attached hydrogens (tertiary/aromatic N) is 4. The van der Waals surface area contributed by atoms with Gasteiger partial charge in [-0.1, -0.05) is 12.8 Å². The van der Waals surface area contributed by atoms with Gasteiger partial charge in [0.15, 0.2) is 5.82 Å². The summed E-state index contributed by atoms with van der Waals surface area (Å²) >= 11 is 0. The van der Waals surface area contributed by atoms with Crippen LogP contribution < -0.4 is 5.73 Å². The molecule has 2 aliphatic rings. The van der Waals surface area contributed by atoms with E-state index in [1.807, 2.05) is 9.47 Å². The number of hydrogen-bond donors (Lipinski definition) is 1. The highest BCUT2D eigenvalue weighted by molar-refractivity contribution is 5.83. The summed E-state index contributed by atoms with van der Waals surface area (Å²) in [5, 5.41) is 7.94. The molecule has 6 heteroatoms. The van der Waals surface area contributed by atoms with Crippen LogP contribution in [-0.4, -0.2) is 38.7 Å². The Morgan fingerprint density at radius 1 is 1.39 bits per heavy atom. The van der Waals surface area contributed by atoms with Gasteiger partial charge in [0.25, 0.3) is 0 Å². The van der Waals surface area contributed by atoms with Crippen LogP contribution >= 0.6 is 0 Å². The lowest BCUT2D eigenvalue weighted by Gasteiger charge is -2.35. The molecule has 98 valence electrons. The molecule has 0 atom stereocenters. The van der Waals surface area contributed by atoms with Crippen LogP contribution in [0.15, 0.2) is 6.33 Å². The Morgan fingerprint density at radius 3 is 2.89 bits per heavy atom. The molecular weight excluding hydrogens is 230 g/mol. The van der Waals surface area contributed by atoms with Crippen LogP contribution in [-0.2, 0) is 17.9 Å². The lowest BCUT2D eigenvalue weighted by Crippen LogP contribution is -2.49.